The first-order valence-electron chi connectivity index (χ1n) is 8.89. The van der Waals surface area contributed by atoms with Gasteiger partial charge in [-0.05, 0) is 37.6 Å². The molecule has 0 radical (unpaired) electrons. The summed E-state index contributed by atoms with van der Waals surface area (Å²) < 4.78 is 12.1. The average molecular weight is 379 g/mol. The van der Waals surface area contributed by atoms with Crippen LogP contribution >= 0.6 is 0 Å². The predicted octanol–water partition coefficient (Wildman–Crippen LogP) is 3.37. The molecule has 0 saturated heterocycles. The molecule has 1 amide bonds. The van der Waals surface area contributed by atoms with E-state index in [1.807, 2.05) is 55.5 Å². The van der Waals surface area contributed by atoms with Crippen LogP contribution in [-0.2, 0) is 9.53 Å². The Bertz CT molecular complexity index is 967. The van der Waals surface area contributed by atoms with Crippen molar-refractivity contribution in [1.82, 2.24) is 9.78 Å². The first-order chi connectivity index (χ1) is 13.6. The summed E-state index contributed by atoms with van der Waals surface area (Å²) in [6, 6.07) is 16.6. The molecule has 7 nitrogen and oxygen atoms in total. The molecular weight excluding hydrogens is 358 g/mol. The van der Waals surface area contributed by atoms with Crippen LogP contribution in [0.15, 0.2) is 60.8 Å². The molecule has 1 N–H and O–H groups in total. The maximum Gasteiger partial charge on any atom is 0.343 e. The van der Waals surface area contributed by atoms with Gasteiger partial charge in [0.25, 0.3) is 5.91 Å². The van der Waals surface area contributed by atoms with Crippen molar-refractivity contribution in [1.29, 1.82) is 0 Å². The Hall–Kier alpha value is -3.61. The highest BCUT2D eigenvalue weighted by atomic mass is 16.5. The molecule has 0 saturated carbocycles. The van der Waals surface area contributed by atoms with Crippen LogP contribution in [0.2, 0.25) is 0 Å². The third kappa shape index (κ3) is 4.37. The molecule has 0 spiro atoms. The van der Waals surface area contributed by atoms with Gasteiger partial charge in [-0.3, -0.25) is 4.79 Å². The summed E-state index contributed by atoms with van der Waals surface area (Å²) in [6.45, 7) is 3.64. The number of amides is 1. The van der Waals surface area contributed by atoms with Crippen LogP contribution in [-0.4, -0.2) is 34.9 Å². The fourth-order valence-electron chi connectivity index (χ4n) is 2.62. The van der Waals surface area contributed by atoms with Crippen LogP contribution in [0.25, 0.3) is 5.69 Å². The largest absolute Gasteiger partial charge is 0.483 e. The van der Waals surface area contributed by atoms with E-state index in [4.69, 9.17) is 9.47 Å². The summed E-state index contributed by atoms with van der Waals surface area (Å²) in [5, 5.41) is 6.96. The lowest BCUT2D eigenvalue weighted by molar-refractivity contribution is -0.118. The number of aryl methyl sites for hydroxylation is 1. The van der Waals surface area contributed by atoms with Gasteiger partial charge in [0.2, 0.25) is 0 Å². The quantitative estimate of drug-likeness (QED) is 0.637. The number of carbonyl (C=O) groups is 2. The number of rotatable bonds is 7. The smallest absolute Gasteiger partial charge is 0.343 e. The van der Waals surface area contributed by atoms with Crippen molar-refractivity contribution in [2.45, 2.75) is 13.8 Å². The topological polar surface area (TPSA) is 82.5 Å². The highest BCUT2D eigenvalue weighted by molar-refractivity contribution is 6.00. The molecule has 144 valence electrons. The van der Waals surface area contributed by atoms with Crippen LogP contribution in [0.1, 0.15) is 22.8 Å². The average Bonchev–Trinajstić information content (AvgIpc) is 3.12. The summed E-state index contributed by atoms with van der Waals surface area (Å²) in [6.07, 6.45) is 1.38. The fraction of sp³-hybridized carbons (Fsp3) is 0.190. The second-order valence-electron chi connectivity index (χ2n) is 5.98. The molecule has 0 aliphatic rings. The Morgan fingerprint density at radius 2 is 1.79 bits per heavy atom. The number of hydrogen-bond donors (Lipinski definition) is 1. The number of anilines is 1. The van der Waals surface area contributed by atoms with Gasteiger partial charge < -0.3 is 14.8 Å². The van der Waals surface area contributed by atoms with Gasteiger partial charge in [0.15, 0.2) is 12.4 Å². The minimum Gasteiger partial charge on any atom is -0.483 e. The lowest BCUT2D eigenvalue weighted by Gasteiger charge is -2.12. The Labute approximate surface area is 162 Å². The zero-order chi connectivity index (χ0) is 19.9. The number of hydrogen-bond acceptors (Lipinski definition) is 5. The molecule has 0 aliphatic carbocycles. The zero-order valence-electron chi connectivity index (χ0n) is 15.7. The molecule has 3 aromatic rings. The summed E-state index contributed by atoms with van der Waals surface area (Å²) in [7, 11) is 0. The number of nitrogens with zero attached hydrogens (tertiary/aromatic N) is 2. The third-order valence-electron chi connectivity index (χ3n) is 3.98. The summed E-state index contributed by atoms with van der Waals surface area (Å²) in [5.41, 5.74) is 1.81. The SMILES string of the molecule is CCOC(=O)c1cnn(-c2ccccc2)c1NC(=O)COc1ccccc1C. The molecule has 0 aliphatic heterocycles. The Morgan fingerprint density at radius 1 is 1.07 bits per heavy atom. The van der Waals surface area contributed by atoms with E-state index in [9.17, 15) is 9.59 Å². The van der Waals surface area contributed by atoms with Gasteiger partial charge in [-0.15, -0.1) is 0 Å². The second kappa shape index (κ2) is 8.85. The van der Waals surface area contributed by atoms with E-state index in [2.05, 4.69) is 10.4 Å². The molecule has 28 heavy (non-hydrogen) atoms. The van der Waals surface area contributed by atoms with Gasteiger partial charge in [0, 0.05) is 0 Å². The standard InChI is InChI=1S/C21H21N3O4/c1-3-27-21(26)17-13-22-24(16-10-5-4-6-11-16)20(17)23-19(25)14-28-18-12-8-7-9-15(18)2/h4-13H,3,14H2,1-2H3,(H,23,25). The highest BCUT2D eigenvalue weighted by Gasteiger charge is 2.21. The van der Waals surface area contributed by atoms with E-state index >= 15 is 0 Å². The number of esters is 1. The van der Waals surface area contributed by atoms with Gasteiger partial charge in [0.1, 0.15) is 11.3 Å². The van der Waals surface area contributed by atoms with Crippen molar-refractivity contribution >= 4 is 17.7 Å². The van der Waals surface area contributed by atoms with Crippen molar-refractivity contribution in [3.63, 3.8) is 0 Å². The van der Waals surface area contributed by atoms with Gasteiger partial charge in [0.05, 0.1) is 18.5 Å². The van der Waals surface area contributed by atoms with Crippen molar-refractivity contribution < 1.29 is 19.1 Å². The number of carbonyl (C=O) groups excluding carboxylic acids is 2. The molecule has 7 heteroatoms. The van der Waals surface area contributed by atoms with Crippen molar-refractivity contribution in [3.8, 4) is 11.4 Å². The van der Waals surface area contributed by atoms with Crippen molar-refractivity contribution in [2.75, 3.05) is 18.5 Å². The van der Waals surface area contributed by atoms with E-state index < -0.39 is 11.9 Å². The molecule has 1 heterocycles. The van der Waals surface area contributed by atoms with E-state index in [0.717, 1.165) is 5.56 Å². The molecule has 0 bridgehead atoms. The highest BCUT2D eigenvalue weighted by Crippen LogP contribution is 2.22. The number of para-hydroxylation sites is 2. The van der Waals surface area contributed by atoms with Gasteiger partial charge >= 0.3 is 5.97 Å². The minimum atomic E-state index is -0.556. The predicted molar refractivity (Wildman–Crippen MR) is 105 cm³/mol. The normalized spacial score (nSPS) is 10.4. The monoisotopic (exact) mass is 379 g/mol. The number of nitrogens with one attached hydrogen (secondary N) is 1. The maximum atomic E-state index is 12.5. The van der Waals surface area contributed by atoms with Crippen molar-refractivity contribution in [2.24, 2.45) is 0 Å². The van der Waals surface area contributed by atoms with Crippen LogP contribution in [0.3, 0.4) is 0 Å². The maximum absolute atomic E-state index is 12.5. The zero-order valence-corrected chi connectivity index (χ0v) is 15.7. The molecule has 2 aromatic carbocycles. The lowest BCUT2D eigenvalue weighted by Crippen LogP contribution is -2.23. The molecule has 0 fully saturated rings. The summed E-state index contributed by atoms with van der Waals surface area (Å²) in [4.78, 5) is 24.7. The number of ether oxygens (including phenoxy) is 2. The molecule has 1 aromatic heterocycles. The van der Waals surface area contributed by atoms with E-state index in [0.29, 0.717) is 11.4 Å². The Kier molecular flexibility index (Phi) is 6.06. The second-order valence-corrected chi connectivity index (χ2v) is 5.98. The van der Waals surface area contributed by atoms with Gasteiger partial charge in [-0.1, -0.05) is 36.4 Å². The van der Waals surface area contributed by atoms with Crippen LogP contribution in [0, 0.1) is 6.92 Å². The minimum absolute atomic E-state index is 0.176. The molecule has 0 atom stereocenters. The van der Waals surface area contributed by atoms with Crippen LogP contribution in [0.4, 0.5) is 5.82 Å². The summed E-state index contributed by atoms with van der Waals surface area (Å²) in [5.74, 6) is -0.103. The van der Waals surface area contributed by atoms with Gasteiger partial charge in [-0.25, -0.2) is 9.48 Å². The first-order valence-corrected chi connectivity index (χ1v) is 8.89. The molecular formula is C21H21N3O4. The molecule has 0 unspecified atom stereocenters. The number of benzene rings is 2. The molecule has 3 rings (SSSR count). The number of aromatic nitrogens is 2. The van der Waals surface area contributed by atoms with E-state index in [1.54, 1.807) is 13.0 Å². The summed E-state index contributed by atoms with van der Waals surface area (Å²) >= 11 is 0. The third-order valence-corrected chi connectivity index (χ3v) is 3.98. The fourth-order valence-corrected chi connectivity index (χ4v) is 2.62. The van der Waals surface area contributed by atoms with E-state index in [1.165, 1.54) is 10.9 Å². The lowest BCUT2D eigenvalue weighted by atomic mass is 10.2. The first kappa shape index (κ1) is 19.2. The van der Waals surface area contributed by atoms with E-state index in [-0.39, 0.29) is 24.6 Å². The van der Waals surface area contributed by atoms with Gasteiger partial charge in [-0.2, -0.15) is 5.10 Å². The Balaban J connectivity index is 1.82. The Morgan fingerprint density at radius 3 is 2.50 bits per heavy atom. The van der Waals surface area contributed by atoms with Crippen molar-refractivity contribution in [3.05, 3.63) is 71.9 Å². The van der Waals surface area contributed by atoms with Crippen LogP contribution in [0.5, 0.6) is 5.75 Å². The van der Waals surface area contributed by atoms with Crippen LogP contribution < -0.4 is 10.1 Å².